The fraction of sp³-hybridized carbons (Fsp3) is 0.385. The van der Waals surface area contributed by atoms with Gasteiger partial charge in [0, 0.05) is 90.2 Å². The fourth-order valence-corrected chi connectivity index (χ4v) is 11.2. The summed E-state index contributed by atoms with van der Waals surface area (Å²) in [6.07, 6.45) is 7.94. The number of benzene rings is 2. The third-order valence-electron chi connectivity index (χ3n) is 13.2. The number of nitrogen functional groups attached to an aromatic ring is 1. The molecule has 3 aliphatic heterocycles. The quantitative estimate of drug-likeness (QED) is 0.0525. The molecule has 2 aromatic carbocycles. The molecule has 0 saturated carbocycles. The molecule has 3 aliphatic rings. The van der Waals surface area contributed by atoms with Crippen LogP contribution in [0.25, 0.3) is 0 Å². The van der Waals surface area contributed by atoms with Gasteiger partial charge in [0.25, 0.3) is 0 Å². The molecule has 6 aromatic heterocycles. The van der Waals surface area contributed by atoms with E-state index in [2.05, 4.69) is 102 Å². The molecule has 0 radical (unpaired) electrons. The first-order chi connectivity index (χ1) is 40.1. The zero-order chi connectivity index (χ0) is 57.0. The van der Waals surface area contributed by atoms with Crippen LogP contribution in [0.4, 0.5) is 48.2 Å². The molecule has 3 saturated heterocycles. The van der Waals surface area contributed by atoms with Crippen LogP contribution in [0.2, 0.25) is 0 Å². The minimum absolute atomic E-state index is 0.211. The molecule has 430 valence electrons. The largest absolute Gasteiger partial charge is 0.497 e. The van der Waals surface area contributed by atoms with Gasteiger partial charge < -0.3 is 55.3 Å². The number of amides is 2. The average molecular weight is 1170 g/mol. The van der Waals surface area contributed by atoms with Gasteiger partial charge >= 0.3 is 0 Å². The van der Waals surface area contributed by atoms with Crippen LogP contribution in [-0.4, -0.2) is 172 Å². The van der Waals surface area contributed by atoms with Crippen molar-refractivity contribution in [1.82, 2.24) is 61.2 Å². The summed E-state index contributed by atoms with van der Waals surface area (Å²) in [4.78, 5) is 32.4. The van der Waals surface area contributed by atoms with Crippen molar-refractivity contribution in [2.45, 2.75) is 49.2 Å². The van der Waals surface area contributed by atoms with E-state index in [0.717, 1.165) is 92.2 Å². The topological polar surface area (TPSA) is 322 Å². The lowest BCUT2D eigenvalue weighted by Gasteiger charge is -2.16. The third kappa shape index (κ3) is 16.3. The van der Waals surface area contributed by atoms with Crippen molar-refractivity contribution in [3.63, 3.8) is 0 Å². The van der Waals surface area contributed by atoms with Gasteiger partial charge in [0.2, 0.25) is 42.6 Å². The Morgan fingerprint density at radius 1 is 0.512 bits per heavy atom. The summed E-state index contributed by atoms with van der Waals surface area (Å²) < 4.78 is 21.1. The monoisotopic (exact) mass is 1170 g/mol. The van der Waals surface area contributed by atoms with Crippen molar-refractivity contribution >= 4 is 94.1 Å². The summed E-state index contributed by atoms with van der Waals surface area (Å²) in [6, 6.07) is 27.1. The van der Waals surface area contributed by atoms with Gasteiger partial charge in [0.05, 0.1) is 39.3 Å². The van der Waals surface area contributed by atoms with Crippen molar-refractivity contribution in [3.8, 4) is 11.5 Å². The van der Waals surface area contributed by atoms with Gasteiger partial charge in [-0.15, -0.1) is 45.9 Å². The smallest absolute Gasteiger partial charge is 0.236 e. The van der Waals surface area contributed by atoms with Crippen molar-refractivity contribution in [1.29, 1.82) is 0 Å². The Bertz CT molecular complexity index is 3080. The maximum Gasteiger partial charge on any atom is 0.236 e. The number of carbonyl (C=O) groups excluding carboxylic acids is 2. The van der Waals surface area contributed by atoms with E-state index in [1.165, 1.54) is 34.0 Å². The van der Waals surface area contributed by atoms with Crippen molar-refractivity contribution in [2.24, 2.45) is 0 Å². The SMILES string of the molecule is COC[C@@H](C(=O)Nc1nnc(N[C@@H]2CCN(c3cccnn3)C2)s1)c1cccc(OC)c1.COC[C@H](C(=O)Nc1nnc(N[C@@H]2CCN(c3cccnn3)C2)s1)c1cccc(OC)c1.Nc1nnc(N[C@@H]2CCN(c3cccnn3)C2)s1. The highest BCUT2D eigenvalue weighted by atomic mass is 32.1. The standard InChI is InChI=1S/2C21H25N7O3S.C10H13N7S/c2*1-30-13-17(14-5-3-6-16(11-14)31-2)19(29)24-21-27-26-20(32-21)23-15-8-10-28(12-15)18-7-4-9-22-25-18;11-9-15-16-10(18-9)13-7-3-5-17(6-7)8-2-1-4-12-14-8/h2*3-7,9,11,15,17H,8,10,12-13H2,1-2H3,(H,23,26)(H,24,27,29);1-2,4,7H,3,5-6H2,(H2,11,15)(H,13,16)/t15-,17+;15-,17-;7-/m111/s1. The minimum Gasteiger partial charge on any atom is -0.497 e. The molecule has 9 heterocycles. The van der Waals surface area contributed by atoms with E-state index >= 15 is 0 Å². The van der Waals surface area contributed by atoms with Crippen molar-refractivity contribution < 1.29 is 28.5 Å². The number of methoxy groups -OCH3 is 4. The molecule has 0 unspecified atom stereocenters. The van der Waals surface area contributed by atoms with Crippen LogP contribution in [0.5, 0.6) is 11.5 Å². The van der Waals surface area contributed by atoms with E-state index in [9.17, 15) is 9.59 Å². The number of nitrogens with one attached hydrogen (secondary N) is 5. The Morgan fingerprint density at radius 3 is 1.23 bits per heavy atom. The van der Waals surface area contributed by atoms with E-state index in [1.54, 1.807) is 47.0 Å². The molecule has 0 spiro atoms. The Kier molecular flexibility index (Phi) is 20.7. The maximum atomic E-state index is 12.9. The maximum absolute atomic E-state index is 12.9. The van der Waals surface area contributed by atoms with E-state index in [1.807, 2.05) is 84.9 Å². The fourth-order valence-electron chi connectivity index (χ4n) is 9.21. The number of aromatic nitrogens is 12. The van der Waals surface area contributed by atoms with Crippen LogP contribution in [0, 0.1) is 0 Å². The first-order valence-electron chi connectivity index (χ1n) is 26.1. The van der Waals surface area contributed by atoms with Crippen LogP contribution in [0.15, 0.2) is 104 Å². The van der Waals surface area contributed by atoms with Crippen molar-refractivity contribution in [3.05, 3.63) is 115 Å². The lowest BCUT2D eigenvalue weighted by molar-refractivity contribution is -0.119. The van der Waals surface area contributed by atoms with Gasteiger partial charge in [-0.25, -0.2) is 0 Å². The average Bonchev–Trinajstić information content (AvgIpc) is 4.45. The first kappa shape index (κ1) is 58.1. The van der Waals surface area contributed by atoms with Gasteiger partial charge in [0.15, 0.2) is 17.5 Å². The van der Waals surface area contributed by atoms with Gasteiger partial charge in [-0.05, 0) is 91.1 Å². The van der Waals surface area contributed by atoms with Crippen LogP contribution < -0.4 is 56.5 Å². The van der Waals surface area contributed by atoms with E-state index in [0.29, 0.717) is 43.2 Å². The molecule has 82 heavy (non-hydrogen) atoms. The molecule has 2 amide bonds. The number of nitrogens with zero attached hydrogens (tertiary/aromatic N) is 15. The molecule has 0 aliphatic carbocycles. The zero-order valence-corrected chi connectivity index (χ0v) is 47.9. The van der Waals surface area contributed by atoms with E-state index in [4.69, 9.17) is 24.7 Å². The number of rotatable bonds is 21. The lowest BCUT2D eigenvalue weighted by Crippen LogP contribution is -2.26. The Labute approximate surface area is 484 Å². The van der Waals surface area contributed by atoms with E-state index in [-0.39, 0.29) is 37.1 Å². The molecule has 0 bridgehead atoms. The first-order valence-corrected chi connectivity index (χ1v) is 28.6. The van der Waals surface area contributed by atoms with Gasteiger partial charge in [-0.1, -0.05) is 58.3 Å². The Hall–Kier alpha value is -8.58. The normalized spacial score (nSPS) is 17.1. The van der Waals surface area contributed by atoms with Gasteiger partial charge in [-0.3, -0.25) is 20.2 Å². The molecule has 3 fully saturated rings. The summed E-state index contributed by atoms with van der Waals surface area (Å²) in [5.41, 5.74) is 7.16. The summed E-state index contributed by atoms with van der Waals surface area (Å²) in [6.45, 7) is 5.70. The van der Waals surface area contributed by atoms with Gasteiger partial charge in [0.1, 0.15) is 11.5 Å². The van der Waals surface area contributed by atoms with Gasteiger partial charge in [-0.2, -0.15) is 15.3 Å². The van der Waals surface area contributed by atoms with Crippen molar-refractivity contribution in [2.75, 3.05) is 128 Å². The second kappa shape index (κ2) is 29.2. The number of nitrogens with two attached hydrogens (primary N) is 1. The highest BCUT2D eigenvalue weighted by Crippen LogP contribution is 2.30. The predicted molar refractivity (Wildman–Crippen MR) is 315 cm³/mol. The highest BCUT2D eigenvalue weighted by molar-refractivity contribution is 7.19. The highest BCUT2D eigenvalue weighted by Gasteiger charge is 2.29. The van der Waals surface area contributed by atoms with E-state index < -0.39 is 11.8 Å². The molecule has 11 rings (SSSR count). The molecule has 5 atom stereocenters. The summed E-state index contributed by atoms with van der Waals surface area (Å²) in [5.74, 6) is 2.61. The minimum atomic E-state index is -0.495. The predicted octanol–water partition coefficient (Wildman–Crippen LogP) is 5.39. The van der Waals surface area contributed by atoms with Crippen LogP contribution >= 0.6 is 34.0 Å². The molecule has 8 aromatic rings. The van der Waals surface area contributed by atoms with Crippen LogP contribution in [0.1, 0.15) is 42.2 Å². The number of hydrogen-bond donors (Lipinski definition) is 6. The number of anilines is 9. The lowest BCUT2D eigenvalue weighted by atomic mass is 9.99. The Balaban J connectivity index is 0.000000154. The molecule has 30 heteroatoms. The molecular weight excluding hydrogens is 1110 g/mol. The summed E-state index contributed by atoms with van der Waals surface area (Å²) in [7, 11) is 6.33. The van der Waals surface area contributed by atoms with Crippen LogP contribution in [-0.2, 0) is 19.1 Å². The molecule has 7 N–H and O–H groups in total. The Morgan fingerprint density at radius 2 is 0.890 bits per heavy atom. The number of carbonyl (C=O) groups is 2. The molecular formula is C52H63N21O6S3. The second-order valence-corrected chi connectivity index (χ2v) is 21.8. The summed E-state index contributed by atoms with van der Waals surface area (Å²) >= 11 is 3.98. The number of hydrogen-bond acceptors (Lipinski definition) is 28. The third-order valence-corrected chi connectivity index (χ3v) is 15.5. The molecule has 27 nitrogen and oxygen atoms in total. The number of ether oxygens (including phenoxy) is 4. The summed E-state index contributed by atoms with van der Waals surface area (Å²) in [5, 5.41) is 67.9. The van der Waals surface area contributed by atoms with Crippen LogP contribution in [0.3, 0.4) is 0 Å². The second-order valence-electron chi connectivity index (χ2n) is 18.8. The zero-order valence-electron chi connectivity index (χ0n) is 45.4.